The Morgan fingerprint density at radius 1 is 1.40 bits per heavy atom. The summed E-state index contributed by atoms with van der Waals surface area (Å²) in [5.74, 6) is 0.900. The number of aromatic nitrogens is 3. The second-order valence-electron chi connectivity index (χ2n) is 3.91. The van der Waals surface area contributed by atoms with Crippen LogP contribution in [0.25, 0.3) is 11.4 Å². The third-order valence-corrected chi connectivity index (χ3v) is 3.86. The summed E-state index contributed by atoms with van der Waals surface area (Å²) in [6.07, 6.45) is 2.34. The molecule has 102 valence electrons. The number of rotatable bonds is 5. The van der Waals surface area contributed by atoms with Crippen LogP contribution in [0.5, 0.6) is 0 Å². The van der Waals surface area contributed by atoms with Gasteiger partial charge < -0.3 is 9.84 Å². The normalized spacial score (nSPS) is 10.6. The summed E-state index contributed by atoms with van der Waals surface area (Å²) >= 11 is 2.95. The van der Waals surface area contributed by atoms with Crippen molar-refractivity contribution in [2.24, 2.45) is 0 Å². The zero-order valence-electron chi connectivity index (χ0n) is 10.3. The van der Waals surface area contributed by atoms with Crippen LogP contribution < -0.4 is 5.32 Å². The molecule has 3 heterocycles. The molecule has 0 saturated carbocycles. The number of carbonyl (C=O) groups is 1. The Morgan fingerprint density at radius 3 is 3.10 bits per heavy atom. The van der Waals surface area contributed by atoms with Gasteiger partial charge in [-0.15, -0.1) is 11.3 Å². The van der Waals surface area contributed by atoms with Crippen molar-refractivity contribution < 1.29 is 9.32 Å². The van der Waals surface area contributed by atoms with Gasteiger partial charge in [-0.1, -0.05) is 5.16 Å². The molecule has 0 spiro atoms. The van der Waals surface area contributed by atoms with E-state index in [1.54, 1.807) is 22.9 Å². The molecule has 0 bridgehead atoms. The van der Waals surface area contributed by atoms with Crippen molar-refractivity contribution in [3.8, 4) is 11.4 Å². The average Bonchev–Trinajstić information content (AvgIpc) is 3.18. The van der Waals surface area contributed by atoms with E-state index in [2.05, 4.69) is 20.4 Å². The van der Waals surface area contributed by atoms with Gasteiger partial charge in [0.15, 0.2) is 5.13 Å². The number of thiophene rings is 1. The van der Waals surface area contributed by atoms with E-state index in [4.69, 9.17) is 4.52 Å². The number of aryl methyl sites for hydroxylation is 1. The predicted molar refractivity (Wildman–Crippen MR) is 76.7 cm³/mol. The number of nitrogens with zero attached hydrogens (tertiary/aromatic N) is 3. The Morgan fingerprint density at radius 2 is 2.35 bits per heavy atom. The number of thiazole rings is 1. The van der Waals surface area contributed by atoms with Crippen LogP contribution in [0.3, 0.4) is 0 Å². The number of amides is 1. The molecule has 0 aliphatic heterocycles. The van der Waals surface area contributed by atoms with Crippen LogP contribution in [0.15, 0.2) is 32.9 Å². The van der Waals surface area contributed by atoms with Crippen LogP contribution in [0.4, 0.5) is 5.13 Å². The van der Waals surface area contributed by atoms with Crippen LogP contribution in [-0.2, 0) is 11.2 Å². The lowest BCUT2D eigenvalue weighted by Crippen LogP contribution is -2.12. The van der Waals surface area contributed by atoms with E-state index < -0.39 is 0 Å². The Labute approximate surface area is 122 Å². The number of hydrogen-bond acceptors (Lipinski definition) is 7. The summed E-state index contributed by atoms with van der Waals surface area (Å²) in [5, 5.41) is 12.9. The smallest absolute Gasteiger partial charge is 0.227 e. The first-order chi connectivity index (χ1) is 9.81. The molecule has 8 heteroatoms. The van der Waals surface area contributed by atoms with Crippen molar-refractivity contribution in [1.29, 1.82) is 0 Å². The van der Waals surface area contributed by atoms with Gasteiger partial charge >= 0.3 is 0 Å². The fourth-order valence-electron chi connectivity index (χ4n) is 1.55. The lowest BCUT2D eigenvalue weighted by atomic mass is 10.3. The fraction of sp³-hybridized carbons (Fsp3) is 0.167. The van der Waals surface area contributed by atoms with Crippen molar-refractivity contribution in [3.63, 3.8) is 0 Å². The van der Waals surface area contributed by atoms with Gasteiger partial charge in [0.1, 0.15) is 0 Å². The molecule has 0 fully saturated rings. The maximum Gasteiger partial charge on any atom is 0.227 e. The number of carbonyl (C=O) groups excluding carboxylic acids is 1. The van der Waals surface area contributed by atoms with Crippen molar-refractivity contribution in [2.45, 2.75) is 12.8 Å². The molecule has 6 nitrogen and oxygen atoms in total. The standard InChI is InChI=1S/C12H10N4O2S2/c17-9(14-12-13-4-6-20-12)1-2-10-15-11(16-18-10)8-3-5-19-7-8/h3-7H,1-2H2,(H,13,14,17). The van der Waals surface area contributed by atoms with Crippen molar-refractivity contribution in [2.75, 3.05) is 5.32 Å². The van der Waals surface area contributed by atoms with Gasteiger partial charge in [0.25, 0.3) is 0 Å². The van der Waals surface area contributed by atoms with E-state index in [1.807, 2.05) is 16.8 Å². The summed E-state index contributed by atoms with van der Waals surface area (Å²) in [4.78, 5) is 19.9. The molecular weight excluding hydrogens is 296 g/mol. The second kappa shape index (κ2) is 5.93. The quantitative estimate of drug-likeness (QED) is 0.784. The molecule has 3 aromatic rings. The summed E-state index contributed by atoms with van der Waals surface area (Å²) in [7, 11) is 0. The molecule has 3 aromatic heterocycles. The van der Waals surface area contributed by atoms with Crippen molar-refractivity contribution in [1.82, 2.24) is 15.1 Å². The summed E-state index contributed by atoms with van der Waals surface area (Å²) < 4.78 is 5.12. The Balaban J connectivity index is 1.55. The molecule has 0 atom stereocenters. The number of hydrogen-bond donors (Lipinski definition) is 1. The van der Waals surface area contributed by atoms with Crippen LogP contribution >= 0.6 is 22.7 Å². The minimum atomic E-state index is -0.116. The van der Waals surface area contributed by atoms with E-state index in [1.165, 1.54) is 11.3 Å². The van der Waals surface area contributed by atoms with E-state index in [9.17, 15) is 4.79 Å². The molecule has 20 heavy (non-hydrogen) atoms. The van der Waals surface area contributed by atoms with E-state index in [0.29, 0.717) is 23.3 Å². The summed E-state index contributed by atoms with van der Waals surface area (Å²) in [6.45, 7) is 0. The molecule has 0 unspecified atom stereocenters. The molecule has 3 rings (SSSR count). The van der Waals surface area contributed by atoms with Crippen molar-refractivity contribution >= 4 is 33.7 Å². The maximum absolute atomic E-state index is 11.7. The van der Waals surface area contributed by atoms with Gasteiger partial charge in [0.05, 0.1) is 0 Å². The van der Waals surface area contributed by atoms with Crippen LogP contribution in [-0.4, -0.2) is 21.0 Å². The van der Waals surface area contributed by atoms with E-state index in [0.717, 1.165) is 5.56 Å². The highest BCUT2D eigenvalue weighted by molar-refractivity contribution is 7.13. The third kappa shape index (κ3) is 3.09. The van der Waals surface area contributed by atoms with Crippen molar-refractivity contribution in [3.05, 3.63) is 34.3 Å². The van der Waals surface area contributed by atoms with Crippen LogP contribution in [0.1, 0.15) is 12.3 Å². The fourth-order valence-corrected chi connectivity index (χ4v) is 2.73. The highest BCUT2D eigenvalue weighted by Crippen LogP contribution is 2.19. The largest absolute Gasteiger partial charge is 0.339 e. The Bertz CT molecular complexity index is 676. The van der Waals surface area contributed by atoms with Gasteiger partial charge in [0.2, 0.25) is 17.6 Å². The molecular formula is C12H10N4O2S2. The Hall–Kier alpha value is -2.06. The summed E-state index contributed by atoms with van der Waals surface area (Å²) in [5.41, 5.74) is 0.928. The average molecular weight is 306 g/mol. The SMILES string of the molecule is O=C(CCc1nc(-c2ccsc2)no1)Nc1nccs1. The highest BCUT2D eigenvalue weighted by Gasteiger charge is 2.11. The molecule has 0 aromatic carbocycles. The van der Waals surface area contributed by atoms with Gasteiger partial charge in [-0.3, -0.25) is 4.79 Å². The minimum Gasteiger partial charge on any atom is -0.339 e. The number of nitrogens with one attached hydrogen (secondary N) is 1. The monoisotopic (exact) mass is 306 g/mol. The van der Waals surface area contributed by atoms with Crippen LogP contribution in [0.2, 0.25) is 0 Å². The lowest BCUT2D eigenvalue weighted by Gasteiger charge is -1.98. The first kappa shape index (κ1) is 12.9. The topological polar surface area (TPSA) is 80.9 Å². The first-order valence-corrected chi connectivity index (χ1v) is 7.68. The molecule has 0 saturated heterocycles. The predicted octanol–water partition coefficient (Wildman–Crippen LogP) is 2.83. The second-order valence-corrected chi connectivity index (χ2v) is 5.58. The third-order valence-electron chi connectivity index (χ3n) is 2.49. The molecule has 0 radical (unpaired) electrons. The van der Waals surface area contributed by atoms with Gasteiger partial charge in [0, 0.05) is 35.4 Å². The molecule has 1 N–H and O–H groups in total. The summed E-state index contributed by atoms with van der Waals surface area (Å²) in [6, 6.07) is 1.93. The minimum absolute atomic E-state index is 0.116. The first-order valence-electron chi connectivity index (χ1n) is 5.86. The zero-order chi connectivity index (χ0) is 13.8. The molecule has 0 aliphatic rings. The van der Waals surface area contributed by atoms with Gasteiger partial charge in [-0.25, -0.2) is 4.98 Å². The maximum atomic E-state index is 11.7. The lowest BCUT2D eigenvalue weighted by molar-refractivity contribution is -0.116. The highest BCUT2D eigenvalue weighted by atomic mass is 32.1. The van der Waals surface area contributed by atoms with Gasteiger partial charge in [-0.2, -0.15) is 16.3 Å². The van der Waals surface area contributed by atoms with Crippen LogP contribution in [0, 0.1) is 0 Å². The zero-order valence-corrected chi connectivity index (χ0v) is 11.9. The van der Waals surface area contributed by atoms with Gasteiger partial charge in [-0.05, 0) is 11.4 Å². The molecule has 1 amide bonds. The Kier molecular flexibility index (Phi) is 3.84. The molecule has 0 aliphatic carbocycles. The number of anilines is 1. The van der Waals surface area contributed by atoms with E-state index >= 15 is 0 Å². The van der Waals surface area contributed by atoms with E-state index in [-0.39, 0.29) is 12.3 Å².